The molecule has 0 fully saturated rings. The van der Waals surface area contributed by atoms with E-state index in [2.05, 4.69) is 0 Å². The van der Waals surface area contributed by atoms with Crippen LogP contribution in [0.4, 0.5) is 5.69 Å². The maximum atomic E-state index is 10.7. The Morgan fingerprint density at radius 3 is 2.29 bits per heavy atom. The number of benzene rings is 1. The molecule has 2 N–H and O–H groups in total. The van der Waals surface area contributed by atoms with Gasteiger partial charge in [0, 0.05) is 5.69 Å². The van der Waals surface area contributed by atoms with E-state index in [0.717, 1.165) is 0 Å². The molecule has 0 radical (unpaired) electrons. The van der Waals surface area contributed by atoms with Crippen LogP contribution in [0.15, 0.2) is 17.0 Å². The van der Waals surface area contributed by atoms with Crippen LogP contribution < -0.4 is 57.1 Å². The molecule has 0 atom stereocenters. The Bertz CT molecular complexity index is 423. The summed E-state index contributed by atoms with van der Waals surface area (Å²) in [6.45, 7) is 1.47. The fourth-order valence-electron chi connectivity index (χ4n) is 1.07. The third kappa shape index (κ3) is 3.46. The van der Waals surface area contributed by atoms with Gasteiger partial charge >= 0.3 is 51.4 Å². The van der Waals surface area contributed by atoms with Gasteiger partial charge in [-0.25, -0.2) is 8.42 Å². The molecule has 14 heavy (non-hydrogen) atoms. The SMILES string of the molecule is Cc1cc(N)cc(Cl)c1S(=O)(=O)[O-].[K+]. The first kappa shape index (κ1) is 14.9. The average Bonchev–Trinajstić information content (AvgIpc) is 1.78. The second-order valence-electron chi connectivity index (χ2n) is 2.60. The molecule has 72 valence electrons. The molecule has 1 rings (SSSR count). The molecule has 0 aliphatic heterocycles. The van der Waals surface area contributed by atoms with Gasteiger partial charge in [0.15, 0.2) is 0 Å². The predicted octanol–water partition coefficient (Wildman–Crippen LogP) is -1.86. The monoisotopic (exact) mass is 259 g/mol. The Morgan fingerprint density at radius 1 is 1.43 bits per heavy atom. The van der Waals surface area contributed by atoms with Crippen LogP contribution in [-0.2, 0) is 10.1 Å². The number of halogens is 1. The molecule has 0 heterocycles. The number of hydrogen-bond acceptors (Lipinski definition) is 4. The van der Waals surface area contributed by atoms with Gasteiger partial charge in [-0.1, -0.05) is 11.6 Å². The first-order valence-electron chi connectivity index (χ1n) is 3.34. The summed E-state index contributed by atoms with van der Waals surface area (Å²) in [4.78, 5) is -0.400. The molecule has 0 bridgehead atoms. The molecule has 1 aromatic rings. The van der Waals surface area contributed by atoms with Crippen LogP contribution in [0.25, 0.3) is 0 Å². The largest absolute Gasteiger partial charge is 1.00 e. The minimum absolute atomic E-state index is 0. The van der Waals surface area contributed by atoms with E-state index in [9.17, 15) is 13.0 Å². The second kappa shape index (κ2) is 5.27. The standard InChI is InChI=1S/C7H8ClNO3S.K/c1-4-2-5(9)3-6(8)7(4)13(10,11)12;/h2-3H,9H2,1H3,(H,10,11,12);/q;+1/p-1. The van der Waals surface area contributed by atoms with Gasteiger partial charge in [0.05, 0.1) is 9.92 Å². The predicted molar refractivity (Wildman–Crippen MR) is 48.6 cm³/mol. The molecular weight excluding hydrogens is 253 g/mol. The first-order chi connectivity index (χ1) is 5.82. The molecule has 1 aromatic carbocycles. The smallest absolute Gasteiger partial charge is 0.744 e. The molecule has 0 spiro atoms. The van der Waals surface area contributed by atoms with Crippen LogP contribution in [0.3, 0.4) is 0 Å². The van der Waals surface area contributed by atoms with Gasteiger partial charge in [0.1, 0.15) is 10.1 Å². The normalized spacial score (nSPS) is 10.8. The molecule has 0 saturated carbocycles. The van der Waals surface area contributed by atoms with E-state index < -0.39 is 15.0 Å². The third-order valence-electron chi connectivity index (χ3n) is 1.50. The molecule has 0 amide bonds. The maximum absolute atomic E-state index is 10.7. The number of nitrogens with two attached hydrogens (primary N) is 1. The van der Waals surface area contributed by atoms with Crippen molar-refractivity contribution >= 4 is 27.4 Å². The van der Waals surface area contributed by atoms with Crippen molar-refractivity contribution in [3.05, 3.63) is 22.7 Å². The van der Waals surface area contributed by atoms with Crippen molar-refractivity contribution in [3.8, 4) is 0 Å². The van der Waals surface area contributed by atoms with Gasteiger partial charge in [-0.05, 0) is 24.6 Å². The van der Waals surface area contributed by atoms with Gasteiger partial charge in [-0.2, -0.15) is 0 Å². The van der Waals surface area contributed by atoms with Gasteiger partial charge in [-0.3, -0.25) is 0 Å². The topological polar surface area (TPSA) is 83.2 Å². The number of hydrogen-bond donors (Lipinski definition) is 1. The van der Waals surface area contributed by atoms with Gasteiger partial charge in [-0.15, -0.1) is 0 Å². The average molecular weight is 260 g/mol. The van der Waals surface area contributed by atoms with Crippen molar-refractivity contribution in [1.82, 2.24) is 0 Å². The minimum atomic E-state index is -4.52. The summed E-state index contributed by atoms with van der Waals surface area (Å²) in [5.74, 6) is 0. The molecule has 0 aromatic heterocycles. The zero-order valence-electron chi connectivity index (χ0n) is 7.74. The van der Waals surface area contributed by atoms with Crippen LogP contribution in [0.5, 0.6) is 0 Å². The summed E-state index contributed by atoms with van der Waals surface area (Å²) >= 11 is 5.56. The Balaban J connectivity index is 0.00000169. The van der Waals surface area contributed by atoms with Crippen LogP contribution in [0.1, 0.15) is 5.56 Å². The molecular formula is C7H7ClKNO3S. The second-order valence-corrected chi connectivity index (χ2v) is 4.33. The van der Waals surface area contributed by atoms with Gasteiger partial charge < -0.3 is 10.3 Å². The van der Waals surface area contributed by atoms with E-state index in [1.165, 1.54) is 19.1 Å². The van der Waals surface area contributed by atoms with Crippen LogP contribution >= 0.6 is 11.6 Å². The van der Waals surface area contributed by atoms with Crippen molar-refractivity contribution in [2.24, 2.45) is 0 Å². The fourth-order valence-corrected chi connectivity index (χ4v) is 2.38. The van der Waals surface area contributed by atoms with E-state index in [0.29, 0.717) is 5.69 Å². The first-order valence-corrected chi connectivity index (χ1v) is 5.12. The van der Waals surface area contributed by atoms with Crippen molar-refractivity contribution in [2.75, 3.05) is 5.73 Å². The quantitative estimate of drug-likeness (QED) is 0.364. The molecule has 0 aliphatic carbocycles. The van der Waals surface area contributed by atoms with Crippen LogP contribution in [-0.4, -0.2) is 13.0 Å². The van der Waals surface area contributed by atoms with Crippen molar-refractivity contribution in [1.29, 1.82) is 0 Å². The van der Waals surface area contributed by atoms with Crippen molar-refractivity contribution in [3.63, 3.8) is 0 Å². The minimum Gasteiger partial charge on any atom is -0.744 e. The molecule has 0 saturated heterocycles. The van der Waals surface area contributed by atoms with Crippen LogP contribution in [0.2, 0.25) is 5.02 Å². The van der Waals surface area contributed by atoms with E-state index in [1.807, 2.05) is 0 Å². The fraction of sp³-hybridized carbons (Fsp3) is 0.143. The summed E-state index contributed by atoms with van der Waals surface area (Å²) in [6.07, 6.45) is 0. The zero-order chi connectivity index (χ0) is 10.2. The Labute approximate surface area is 130 Å². The molecule has 4 nitrogen and oxygen atoms in total. The maximum Gasteiger partial charge on any atom is 1.00 e. The van der Waals surface area contributed by atoms with Gasteiger partial charge in [0.25, 0.3) is 0 Å². The Morgan fingerprint density at radius 2 is 1.93 bits per heavy atom. The van der Waals surface area contributed by atoms with Gasteiger partial charge in [0.2, 0.25) is 0 Å². The summed E-state index contributed by atoms with van der Waals surface area (Å²) in [6, 6.07) is 2.62. The summed E-state index contributed by atoms with van der Waals surface area (Å²) in [5.41, 5.74) is 5.98. The number of nitrogen functional groups attached to an aromatic ring is 1. The van der Waals surface area contributed by atoms with Crippen molar-refractivity contribution < 1.29 is 64.4 Å². The Hall–Kier alpha value is 0.856. The molecule has 0 aliphatic rings. The van der Waals surface area contributed by atoms with E-state index in [4.69, 9.17) is 17.3 Å². The zero-order valence-corrected chi connectivity index (χ0v) is 12.4. The summed E-state index contributed by atoms with van der Waals surface area (Å²) in [7, 11) is -4.52. The number of anilines is 1. The van der Waals surface area contributed by atoms with E-state index in [1.54, 1.807) is 0 Å². The van der Waals surface area contributed by atoms with E-state index in [-0.39, 0.29) is 62.0 Å². The Kier molecular flexibility index (Phi) is 5.59. The van der Waals surface area contributed by atoms with E-state index >= 15 is 0 Å². The summed E-state index contributed by atoms with van der Waals surface area (Å²) < 4.78 is 32.1. The molecule has 0 unspecified atom stereocenters. The van der Waals surface area contributed by atoms with Crippen molar-refractivity contribution in [2.45, 2.75) is 11.8 Å². The third-order valence-corrected chi connectivity index (χ3v) is 2.95. The number of rotatable bonds is 1. The number of aryl methyl sites for hydroxylation is 1. The summed E-state index contributed by atoms with van der Waals surface area (Å²) in [5, 5.41) is -0.132. The van der Waals surface area contributed by atoms with Crippen LogP contribution in [0, 0.1) is 6.92 Å². The molecule has 7 heteroatoms.